The molecule has 0 unspecified atom stereocenters. The molecule has 2 N–H and O–H groups in total. The van der Waals surface area contributed by atoms with E-state index in [9.17, 15) is 0 Å². The van der Waals surface area contributed by atoms with Gasteiger partial charge in [-0.15, -0.1) is 24.0 Å². The third-order valence-electron chi connectivity index (χ3n) is 5.38. The number of pyridine rings is 1. The molecule has 1 aliphatic heterocycles. The number of hydrogen-bond donors (Lipinski definition) is 2. The molecule has 0 spiro atoms. The smallest absolute Gasteiger partial charge is 0.191 e. The molecule has 0 radical (unpaired) electrons. The van der Waals surface area contributed by atoms with Crippen LogP contribution < -0.4 is 15.5 Å². The summed E-state index contributed by atoms with van der Waals surface area (Å²) >= 11 is 0. The van der Waals surface area contributed by atoms with Gasteiger partial charge in [-0.3, -0.25) is 4.99 Å². The highest BCUT2D eigenvalue weighted by atomic mass is 127. The molecule has 0 aliphatic carbocycles. The molecule has 1 aromatic carbocycles. The molecule has 2 aromatic rings. The van der Waals surface area contributed by atoms with E-state index in [1.165, 1.54) is 24.0 Å². The average Bonchev–Trinajstić information content (AvgIpc) is 2.75. The number of nitrogens with one attached hydrogen (secondary N) is 2. The maximum atomic E-state index is 4.67. The highest BCUT2D eigenvalue weighted by Gasteiger charge is 2.16. The van der Waals surface area contributed by atoms with Crippen LogP contribution in [0.1, 0.15) is 37.3 Å². The number of benzene rings is 1. The van der Waals surface area contributed by atoms with Crippen molar-refractivity contribution in [3.05, 3.63) is 59.8 Å². The minimum atomic E-state index is 0. The summed E-state index contributed by atoms with van der Waals surface area (Å²) in [6.45, 7) is 6.19. The number of piperidine rings is 1. The van der Waals surface area contributed by atoms with Gasteiger partial charge in [0.25, 0.3) is 0 Å². The van der Waals surface area contributed by atoms with Gasteiger partial charge in [0.15, 0.2) is 5.96 Å². The first-order valence-corrected chi connectivity index (χ1v) is 10.4. The van der Waals surface area contributed by atoms with E-state index in [4.69, 9.17) is 0 Å². The van der Waals surface area contributed by atoms with Gasteiger partial charge in [-0.1, -0.05) is 43.3 Å². The van der Waals surface area contributed by atoms with Gasteiger partial charge in [0.2, 0.25) is 0 Å². The number of aromatic nitrogens is 1. The molecule has 0 saturated carbocycles. The van der Waals surface area contributed by atoms with E-state index in [1.807, 2.05) is 13.2 Å². The largest absolute Gasteiger partial charge is 0.357 e. The molecule has 1 aromatic heterocycles. The van der Waals surface area contributed by atoms with Gasteiger partial charge in [0.1, 0.15) is 5.82 Å². The fourth-order valence-electron chi connectivity index (χ4n) is 3.50. The van der Waals surface area contributed by atoms with E-state index in [2.05, 4.69) is 74.9 Å². The van der Waals surface area contributed by atoms with Crippen molar-refractivity contribution in [2.45, 2.75) is 39.2 Å². The first-order valence-electron chi connectivity index (χ1n) is 10.4. The molecule has 2 heterocycles. The van der Waals surface area contributed by atoms with Crippen molar-refractivity contribution < 1.29 is 0 Å². The first kappa shape index (κ1) is 23.4. The van der Waals surface area contributed by atoms with Gasteiger partial charge in [0, 0.05) is 39.4 Å². The second-order valence-electron chi connectivity index (χ2n) is 7.64. The predicted molar refractivity (Wildman–Crippen MR) is 133 cm³/mol. The average molecular weight is 507 g/mol. The third-order valence-corrected chi connectivity index (χ3v) is 5.38. The Morgan fingerprint density at radius 3 is 2.48 bits per heavy atom. The lowest BCUT2D eigenvalue weighted by Gasteiger charge is -2.31. The van der Waals surface area contributed by atoms with E-state index in [0.29, 0.717) is 0 Å². The standard InChI is InChI=1S/C23H33N5.HI/c1-19-12-15-28(16-13-19)22-11-10-21(17-26-22)18-27-23(24-2)25-14-6-9-20-7-4-3-5-8-20;/h3-5,7-8,10-11,17,19H,6,9,12-16,18H2,1-2H3,(H2,24,25,27);1H. The Labute approximate surface area is 192 Å². The zero-order chi connectivity index (χ0) is 19.6. The highest BCUT2D eigenvalue weighted by Crippen LogP contribution is 2.21. The van der Waals surface area contributed by atoms with Gasteiger partial charge < -0.3 is 15.5 Å². The van der Waals surface area contributed by atoms with Crippen LogP contribution in [0.4, 0.5) is 5.82 Å². The third kappa shape index (κ3) is 7.84. The molecular weight excluding hydrogens is 473 g/mol. The van der Waals surface area contributed by atoms with Crippen LogP contribution in [0.2, 0.25) is 0 Å². The molecule has 5 nitrogen and oxygen atoms in total. The summed E-state index contributed by atoms with van der Waals surface area (Å²) in [6, 6.07) is 14.9. The van der Waals surface area contributed by atoms with E-state index >= 15 is 0 Å². The van der Waals surface area contributed by atoms with Crippen LogP contribution in [0.3, 0.4) is 0 Å². The zero-order valence-corrected chi connectivity index (χ0v) is 19.9. The Kier molecular flexibility index (Phi) is 10.2. The van der Waals surface area contributed by atoms with Crippen molar-refractivity contribution in [3.8, 4) is 0 Å². The number of hydrogen-bond acceptors (Lipinski definition) is 3. The molecule has 6 heteroatoms. The molecule has 1 fully saturated rings. The van der Waals surface area contributed by atoms with Crippen molar-refractivity contribution in [2.75, 3.05) is 31.6 Å². The lowest BCUT2D eigenvalue weighted by Crippen LogP contribution is -2.37. The second kappa shape index (κ2) is 12.7. The molecule has 29 heavy (non-hydrogen) atoms. The van der Waals surface area contributed by atoms with E-state index in [0.717, 1.165) is 56.7 Å². The fraction of sp³-hybridized carbons (Fsp3) is 0.478. The summed E-state index contributed by atoms with van der Waals surface area (Å²) in [4.78, 5) is 11.4. The summed E-state index contributed by atoms with van der Waals surface area (Å²) in [7, 11) is 1.81. The maximum Gasteiger partial charge on any atom is 0.191 e. The topological polar surface area (TPSA) is 52.6 Å². The number of rotatable bonds is 7. The lowest BCUT2D eigenvalue weighted by atomic mass is 9.99. The normalized spacial score (nSPS) is 15.0. The quantitative estimate of drug-likeness (QED) is 0.255. The van der Waals surface area contributed by atoms with Crippen LogP contribution in [0.5, 0.6) is 0 Å². The summed E-state index contributed by atoms with van der Waals surface area (Å²) in [6.07, 6.45) is 6.65. The Balaban J connectivity index is 0.00000300. The van der Waals surface area contributed by atoms with Crippen LogP contribution >= 0.6 is 24.0 Å². The number of halogens is 1. The van der Waals surface area contributed by atoms with Crippen molar-refractivity contribution in [3.63, 3.8) is 0 Å². The molecular formula is C23H34IN5. The van der Waals surface area contributed by atoms with E-state index in [-0.39, 0.29) is 24.0 Å². The van der Waals surface area contributed by atoms with Crippen molar-refractivity contribution in [2.24, 2.45) is 10.9 Å². The maximum absolute atomic E-state index is 4.67. The minimum Gasteiger partial charge on any atom is -0.357 e. The molecule has 3 rings (SSSR count). The summed E-state index contributed by atoms with van der Waals surface area (Å²) in [5.74, 6) is 2.77. The lowest BCUT2D eigenvalue weighted by molar-refractivity contribution is 0.436. The predicted octanol–water partition coefficient (Wildman–Crippen LogP) is 4.23. The molecule has 158 valence electrons. The van der Waals surface area contributed by atoms with Gasteiger partial charge in [-0.25, -0.2) is 4.98 Å². The van der Waals surface area contributed by atoms with Crippen molar-refractivity contribution in [1.82, 2.24) is 15.6 Å². The first-order chi connectivity index (χ1) is 13.7. The zero-order valence-electron chi connectivity index (χ0n) is 17.6. The van der Waals surface area contributed by atoms with Gasteiger partial charge >= 0.3 is 0 Å². The van der Waals surface area contributed by atoms with Crippen LogP contribution in [0, 0.1) is 5.92 Å². The second-order valence-corrected chi connectivity index (χ2v) is 7.64. The Bertz CT molecular complexity index is 725. The molecule has 1 aliphatic rings. The monoisotopic (exact) mass is 507 g/mol. The van der Waals surface area contributed by atoms with E-state index < -0.39 is 0 Å². The number of aryl methyl sites for hydroxylation is 1. The number of nitrogens with zero attached hydrogens (tertiary/aromatic N) is 3. The summed E-state index contributed by atoms with van der Waals surface area (Å²) < 4.78 is 0. The Morgan fingerprint density at radius 1 is 1.07 bits per heavy atom. The van der Waals surface area contributed by atoms with Crippen LogP contribution in [-0.2, 0) is 13.0 Å². The van der Waals surface area contributed by atoms with Gasteiger partial charge in [0.05, 0.1) is 0 Å². The Morgan fingerprint density at radius 2 is 1.83 bits per heavy atom. The Hall–Kier alpha value is -1.83. The van der Waals surface area contributed by atoms with Crippen LogP contribution in [0.25, 0.3) is 0 Å². The molecule has 0 amide bonds. The van der Waals surface area contributed by atoms with E-state index in [1.54, 1.807) is 0 Å². The van der Waals surface area contributed by atoms with Gasteiger partial charge in [-0.05, 0) is 48.8 Å². The minimum absolute atomic E-state index is 0. The summed E-state index contributed by atoms with van der Waals surface area (Å²) in [5, 5.41) is 6.76. The number of aliphatic imine (C=N–C) groups is 1. The number of guanidine groups is 1. The number of anilines is 1. The SMILES string of the molecule is CN=C(NCCCc1ccccc1)NCc1ccc(N2CCC(C)CC2)nc1.I. The fourth-order valence-corrected chi connectivity index (χ4v) is 3.50. The van der Waals surface area contributed by atoms with Crippen LogP contribution in [-0.4, -0.2) is 37.6 Å². The van der Waals surface area contributed by atoms with Crippen LogP contribution in [0.15, 0.2) is 53.7 Å². The van der Waals surface area contributed by atoms with Gasteiger partial charge in [-0.2, -0.15) is 0 Å². The molecule has 0 bridgehead atoms. The van der Waals surface area contributed by atoms with Crippen molar-refractivity contribution in [1.29, 1.82) is 0 Å². The summed E-state index contributed by atoms with van der Waals surface area (Å²) in [5.41, 5.74) is 2.54. The molecule has 0 atom stereocenters. The highest BCUT2D eigenvalue weighted by molar-refractivity contribution is 14.0. The molecule has 1 saturated heterocycles. The van der Waals surface area contributed by atoms with Crippen molar-refractivity contribution >= 4 is 35.8 Å².